The minimum atomic E-state index is -0.273. The molecule has 1 aliphatic rings. The lowest BCUT2D eigenvalue weighted by Crippen LogP contribution is -2.42. The molecule has 1 atom stereocenters. The third-order valence-electron chi connectivity index (χ3n) is 4.18. The summed E-state index contributed by atoms with van der Waals surface area (Å²) in [7, 11) is 1.73. The number of hydrogen-bond donors (Lipinski definition) is 0. The maximum Gasteiger partial charge on any atom is 0.177 e. The van der Waals surface area contributed by atoms with Crippen LogP contribution in [0.3, 0.4) is 0 Å². The van der Waals surface area contributed by atoms with Crippen molar-refractivity contribution in [3.8, 4) is 0 Å². The predicted octanol–water partition coefficient (Wildman–Crippen LogP) is 4.93. The van der Waals surface area contributed by atoms with E-state index in [9.17, 15) is 0 Å². The minimum absolute atomic E-state index is 0.273. The average molecular weight is 314 g/mol. The molecule has 0 N–H and O–H groups in total. The lowest BCUT2D eigenvalue weighted by molar-refractivity contribution is 0.160. The quantitative estimate of drug-likeness (QED) is 0.684. The van der Waals surface area contributed by atoms with Crippen molar-refractivity contribution in [2.45, 2.75) is 6.23 Å². The highest BCUT2D eigenvalue weighted by Gasteiger charge is 2.31. The number of hydrogen-bond acceptors (Lipinski definition) is 3. The van der Waals surface area contributed by atoms with Gasteiger partial charge in [-0.15, -0.1) is 0 Å². The van der Waals surface area contributed by atoms with Crippen LogP contribution in [0.15, 0.2) is 89.9 Å². The minimum Gasteiger partial charge on any atom is -0.355 e. The Morgan fingerprint density at radius 3 is 2.12 bits per heavy atom. The molecule has 24 heavy (non-hydrogen) atoms. The normalized spacial score (nSPS) is 16.5. The first-order valence-corrected chi connectivity index (χ1v) is 7.98. The number of ether oxygens (including phenoxy) is 1. The van der Waals surface area contributed by atoms with Crippen molar-refractivity contribution >= 4 is 22.8 Å². The van der Waals surface area contributed by atoms with E-state index in [1.54, 1.807) is 7.11 Å². The molecular formula is C21H18N2O. The summed E-state index contributed by atoms with van der Waals surface area (Å²) in [4.78, 5) is 7.09. The number of benzene rings is 3. The maximum atomic E-state index is 5.88. The van der Waals surface area contributed by atoms with Gasteiger partial charge in [0.15, 0.2) is 6.23 Å². The zero-order valence-corrected chi connectivity index (χ0v) is 13.5. The third kappa shape index (κ3) is 2.49. The van der Waals surface area contributed by atoms with E-state index in [2.05, 4.69) is 35.2 Å². The standard InChI is InChI=1S/C21H18N2O/c1-24-21-20(16-10-4-2-5-11-16)22-18-14-8-9-15-19(18)23(21)17-12-6-3-7-13-17/h2-15,21H,1H3. The van der Waals surface area contributed by atoms with Gasteiger partial charge in [-0.05, 0) is 24.3 Å². The van der Waals surface area contributed by atoms with Crippen LogP contribution in [0.5, 0.6) is 0 Å². The van der Waals surface area contributed by atoms with Gasteiger partial charge < -0.3 is 9.64 Å². The van der Waals surface area contributed by atoms with E-state index in [0.29, 0.717) is 0 Å². The first-order chi connectivity index (χ1) is 11.9. The summed E-state index contributed by atoms with van der Waals surface area (Å²) in [6.07, 6.45) is -0.273. The summed E-state index contributed by atoms with van der Waals surface area (Å²) in [6.45, 7) is 0. The Balaban J connectivity index is 1.92. The van der Waals surface area contributed by atoms with Crippen molar-refractivity contribution in [3.63, 3.8) is 0 Å². The van der Waals surface area contributed by atoms with Gasteiger partial charge in [-0.25, -0.2) is 4.99 Å². The molecule has 1 unspecified atom stereocenters. The lowest BCUT2D eigenvalue weighted by Gasteiger charge is -2.37. The van der Waals surface area contributed by atoms with Crippen molar-refractivity contribution in [1.82, 2.24) is 0 Å². The van der Waals surface area contributed by atoms with E-state index >= 15 is 0 Å². The van der Waals surface area contributed by atoms with Crippen LogP contribution in [0, 0.1) is 0 Å². The molecule has 1 heterocycles. The fourth-order valence-electron chi connectivity index (χ4n) is 3.09. The summed E-state index contributed by atoms with van der Waals surface area (Å²) in [5.74, 6) is 0. The van der Waals surface area contributed by atoms with Gasteiger partial charge >= 0.3 is 0 Å². The molecule has 0 saturated carbocycles. The second-order valence-electron chi connectivity index (χ2n) is 5.65. The van der Waals surface area contributed by atoms with Gasteiger partial charge in [0.25, 0.3) is 0 Å². The fourth-order valence-corrected chi connectivity index (χ4v) is 3.09. The Hall–Kier alpha value is -2.91. The molecule has 0 spiro atoms. The SMILES string of the molecule is COC1C(c2ccccc2)=Nc2ccccc2N1c1ccccc1. The van der Waals surface area contributed by atoms with Crippen molar-refractivity contribution in [2.75, 3.05) is 12.0 Å². The monoisotopic (exact) mass is 314 g/mol. The van der Waals surface area contributed by atoms with Gasteiger partial charge in [-0.3, -0.25) is 0 Å². The first-order valence-electron chi connectivity index (χ1n) is 7.98. The summed E-state index contributed by atoms with van der Waals surface area (Å²) >= 11 is 0. The highest BCUT2D eigenvalue weighted by atomic mass is 16.5. The van der Waals surface area contributed by atoms with E-state index in [1.807, 2.05) is 54.6 Å². The molecular weight excluding hydrogens is 296 g/mol. The molecule has 3 aromatic carbocycles. The molecule has 118 valence electrons. The smallest absolute Gasteiger partial charge is 0.177 e. The fraction of sp³-hybridized carbons (Fsp3) is 0.0952. The largest absolute Gasteiger partial charge is 0.355 e. The van der Waals surface area contributed by atoms with Crippen molar-refractivity contribution in [1.29, 1.82) is 0 Å². The number of anilines is 2. The molecule has 0 bridgehead atoms. The molecule has 3 nitrogen and oxygen atoms in total. The van der Waals surface area contributed by atoms with Crippen LogP contribution >= 0.6 is 0 Å². The van der Waals surface area contributed by atoms with Gasteiger partial charge in [-0.2, -0.15) is 0 Å². The highest BCUT2D eigenvalue weighted by molar-refractivity contribution is 6.10. The van der Waals surface area contributed by atoms with Gasteiger partial charge in [0.05, 0.1) is 17.1 Å². The molecule has 0 amide bonds. The molecule has 0 radical (unpaired) electrons. The molecule has 3 heteroatoms. The number of aliphatic imine (C=N–C) groups is 1. The van der Waals surface area contributed by atoms with Gasteiger partial charge in [0.1, 0.15) is 0 Å². The molecule has 1 aliphatic heterocycles. The van der Waals surface area contributed by atoms with E-state index in [0.717, 1.165) is 28.3 Å². The number of methoxy groups -OCH3 is 1. The zero-order chi connectivity index (χ0) is 16.4. The van der Waals surface area contributed by atoms with Gasteiger partial charge in [-0.1, -0.05) is 60.7 Å². The van der Waals surface area contributed by atoms with E-state index < -0.39 is 0 Å². The van der Waals surface area contributed by atoms with Gasteiger partial charge in [0.2, 0.25) is 0 Å². The van der Waals surface area contributed by atoms with Crippen molar-refractivity contribution < 1.29 is 4.74 Å². The molecule has 3 aromatic rings. The number of para-hydroxylation sites is 3. The summed E-state index contributed by atoms with van der Waals surface area (Å²) in [5.41, 5.74) is 5.07. The van der Waals surface area contributed by atoms with Crippen molar-refractivity contribution in [2.24, 2.45) is 4.99 Å². The second-order valence-corrected chi connectivity index (χ2v) is 5.65. The second kappa shape index (κ2) is 6.30. The Kier molecular flexibility index (Phi) is 3.85. The van der Waals surface area contributed by atoms with Crippen LogP contribution in [-0.4, -0.2) is 19.0 Å². The third-order valence-corrected chi connectivity index (χ3v) is 4.18. The maximum absolute atomic E-state index is 5.88. The van der Waals surface area contributed by atoms with Crippen LogP contribution in [0.25, 0.3) is 0 Å². The van der Waals surface area contributed by atoms with Crippen LogP contribution in [-0.2, 0) is 4.74 Å². The van der Waals surface area contributed by atoms with Crippen LogP contribution in [0.1, 0.15) is 5.56 Å². The molecule has 0 fully saturated rings. The van der Waals surface area contributed by atoms with Crippen molar-refractivity contribution in [3.05, 3.63) is 90.5 Å². The molecule has 0 aliphatic carbocycles. The Morgan fingerprint density at radius 1 is 0.792 bits per heavy atom. The van der Waals surface area contributed by atoms with Gasteiger partial charge in [0, 0.05) is 18.4 Å². The zero-order valence-electron chi connectivity index (χ0n) is 13.5. The lowest BCUT2D eigenvalue weighted by atomic mass is 10.0. The number of fused-ring (bicyclic) bond motifs is 1. The Labute approximate surface area is 141 Å². The van der Waals surface area contributed by atoms with E-state index in [1.165, 1.54) is 0 Å². The average Bonchev–Trinajstić information content (AvgIpc) is 2.67. The van der Waals surface area contributed by atoms with Crippen LogP contribution < -0.4 is 4.90 Å². The predicted molar refractivity (Wildman–Crippen MR) is 98.5 cm³/mol. The first kappa shape index (κ1) is 14.7. The topological polar surface area (TPSA) is 24.8 Å². The number of rotatable bonds is 3. The van der Waals surface area contributed by atoms with E-state index in [4.69, 9.17) is 9.73 Å². The van der Waals surface area contributed by atoms with E-state index in [-0.39, 0.29) is 6.23 Å². The molecule has 4 rings (SSSR count). The summed E-state index contributed by atoms with van der Waals surface area (Å²) < 4.78 is 5.88. The molecule has 0 aromatic heterocycles. The Morgan fingerprint density at radius 2 is 1.42 bits per heavy atom. The van der Waals surface area contributed by atoms with Crippen LogP contribution in [0.4, 0.5) is 17.1 Å². The number of nitrogens with zero attached hydrogens (tertiary/aromatic N) is 2. The Bertz CT molecular complexity index is 859. The molecule has 0 saturated heterocycles. The summed E-state index contributed by atoms with van der Waals surface area (Å²) in [5, 5.41) is 0. The highest BCUT2D eigenvalue weighted by Crippen LogP contribution is 2.40. The van der Waals surface area contributed by atoms with Crippen LogP contribution in [0.2, 0.25) is 0 Å². The summed E-state index contributed by atoms with van der Waals surface area (Å²) in [6, 6.07) is 28.7.